The monoisotopic (exact) mass is 381 g/mol. The molecular formula is C18H14ClF2NO4. The number of carbonyl (C=O) groups excluding carboxylic acids is 1. The second-order valence-corrected chi connectivity index (χ2v) is 5.68. The van der Waals surface area contributed by atoms with Crippen LogP contribution in [-0.2, 0) is 11.3 Å². The number of benzene rings is 2. The standard InChI is InChI=1S/C18H14ClF2NO4/c19-13-7-11(8-15-17(13)25-10-24-15)5-6-16(23)22-9-12-3-1-2-4-14(12)26-18(20)21/h1-8,18H,9-10H2,(H,22,23)/b6-5+. The van der Waals surface area contributed by atoms with Crippen LogP contribution in [0.5, 0.6) is 17.2 Å². The topological polar surface area (TPSA) is 56.8 Å². The molecule has 136 valence electrons. The van der Waals surface area contributed by atoms with Gasteiger partial charge in [-0.15, -0.1) is 0 Å². The van der Waals surface area contributed by atoms with Crippen LogP contribution in [0, 0.1) is 0 Å². The lowest BCUT2D eigenvalue weighted by molar-refractivity contribution is -0.116. The van der Waals surface area contributed by atoms with Crippen molar-refractivity contribution in [2.45, 2.75) is 13.2 Å². The first-order valence-corrected chi connectivity index (χ1v) is 7.98. The van der Waals surface area contributed by atoms with Crippen molar-refractivity contribution in [1.29, 1.82) is 0 Å². The van der Waals surface area contributed by atoms with Crippen LogP contribution in [0.1, 0.15) is 11.1 Å². The molecule has 0 atom stereocenters. The summed E-state index contributed by atoms with van der Waals surface area (Å²) in [7, 11) is 0. The Balaban J connectivity index is 1.61. The normalized spacial score (nSPS) is 12.6. The molecule has 0 fully saturated rings. The Kier molecular flexibility index (Phi) is 5.58. The van der Waals surface area contributed by atoms with Crippen molar-refractivity contribution in [3.8, 4) is 17.2 Å². The second kappa shape index (κ2) is 8.05. The highest BCUT2D eigenvalue weighted by Crippen LogP contribution is 2.40. The van der Waals surface area contributed by atoms with E-state index >= 15 is 0 Å². The molecule has 0 saturated carbocycles. The summed E-state index contributed by atoms with van der Waals surface area (Å²) in [5.74, 6) is 0.611. The third-order valence-electron chi connectivity index (χ3n) is 3.52. The molecule has 3 rings (SSSR count). The number of alkyl halides is 2. The van der Waals surface area contributed by atoms with Gasteiger partial charge in [-0.2, -0.15) is 8.78 Å². The zero-order valence-corrected chi connectivity index (χ0v) is 14.1. The van der Waals surface area contributed by atoms with Gasteiger partial charge in [-0.05, 0) is 29.8 Å². The minimum atomic E-state index is -2.93. The van der Waals surface area contributed by atoms with E-state index < -0.39 is 12.5 Å². The first-order chi connectivity index (χ1) is 12.5. The third-order valence-corrected chi connectivity index (χ3v) is 3.80. The van der Waals surface area contributed by atoms with E-state index in [2.05, 4.69) is 10.1 Å². The van der Waals surface area contributed by atoms with E-state index in [1.54, 1.807) is 36.4 Å². The van der Waals surface area contributed by atoms with Gasteiger partial charge in [-0.25, -0.2) is 0 Å². The number of fused-ring (bicyclic) bond motifs is 1. The van der Waals surface area contributed by atoms with Crippen LogP contribution >= 0.6 is 11.6 Å². The zero-order valence-electron chi connectivity index (χ0n) is 13.4. The van der Waals surface area contributed by atoms with Crippen LogP contribution in [0.2, 0.25) is 5.02 Å². The second-order valence-electron chi connectivity index (χ2n) is 5.27. The van der Waals surface area contributed by atoms with Gasteiger partial charge < -0.3 is 19.5 Å². The zero-order chi connectivity index (χ0) is 18.5. The highest BCUT2D eigenvalue weighted by atomic mass is 35.5. The van der Waals surface area contributed by atoms with Gasteiger partial charge >= 0.3 is 6.61 Å². The summed E-state index contributed by atoms with van der Waals surface area (Å²) >= 11 is 6.08. The number of rotatable bonds is 6. The number of amides is 1. The minimum Gasteiger partial charge on any atom is -0.454 e. The highest BCUT2D eigenvalue weighted by molar-refractivity contribution is 6.32. The summed E-state index contributed by atoms with van der Waals surface area (Å²) in [5.41, 5.74) is 1.11. The molecule has 0 unspecified atom stereocenters. The van der Waals surface area contributed by atoms with Gasteiger partial charge in [0, 0.05) is 18.2 Å². The van der Waals surface area contributed by atoms with Gasteiger partial charge in [0.25, 0.3) is 0 Å². The maximum Gasteiger partial charge on any atom is 0.387 e. The van der Waals surface area contributed by atoms with Crippen molar-refractivity contribution >= 4 is 23.6 Å². The molecule has 0 aliphatic carbocycles. The van der Waals surface area contributed by atoms with Crippen molar-refractivity contribution < 1.29 is 27.8 Å². The molecule has 1 aliphatic heterocycles. The third kappa shape index (κ3) is 4.43. The summed E-state index contributed by atoms with van der Waals surface area (Å²) in [6.07, 6.45) is 2.87. The van der Waals surface area contributed by atoms with Crippen molar-refractivity contribution in [2.75, 3.05) is 6.79 Å². The lowest BCUT2D eigenvalue weighted by atomic mass is 10.2. The molecule has 26 heavy (non-hydrogen) atoms. The summed E-state index contributed by atoms with van der Waals surface area (Å²) < 4.78 is 39.7. The van der Waals surface area contributed by atoms with E-state index in [1.165, 1.54) is 12.1 Å². The predicted octanol–water partition coefficient (Wildman–Crippen LogP) is 4.00. The minimum absolute atomic E-state index is 0.0225. The lowest BCUT2D eigenvalue weighted by Crippen LogP contribution is -2.21. The Hall–Kier alpha value is -2.80. The number of para-hydroxylation sites is 1. The molecule has 1 heterocycles. The fraction of sp³-hybridized carbons (Fsp3) is 0.167. The molecule has 1 aliphatic rings. The maximum atomic E-state index is 12.4. The van der Waals surface area contributed by atoms with Crippen molar-refractivity contribution in [1.82, 2.24) is 5.32 Å². The van der Waals surface area contributed by atoms with Crippen LogP contribution in [-0.4, -0.2) is 19.3 Å². The van der Waals surface area contributed by atoms with Crippen molar-refractivity contribution in [3.05, 3.63) is 58.6 Å². The fourth-order valence-electron chi connectivity index (χ4n) is 2.36. The van der Waals surface area contributed by atoms with Crippen LogP contribution in [0.3, 0.4) is 0 Å². The summed E-state index contributed by atoms with van der Waals surface area (Å²) in [6.45, 7) is -2.78. The maximum absolute atomic E-state index is 12.4. The van der Waals surface area contributed by atoms with E-state index in [4.69, 9.17) is 21.1 Å². The molecule has 5 nitrogen and oxygen atoms in total. The molecule has 0 bridgehead atoms. The van der Waals surface area contributed by atoms with E-state index in [1.807, 2.05) is 0 Å². The number of halogens is 3. The van der Waals surface area contributed by atoms with E-state index in [0.29, 0.717) is 27.6 Å². The number of hydrogen-bond acceptors (Lipinski definition) is 4. The van der Waals surface area contributed by atoms with Crippen LogP contribution < -0.4 is 19.5 Å². The Labute approximate surface area is 153 Å². The quantitative estimate of drug-likeness (QED) is 0.768. The Morgan fingerprint density at radius 1 is 1.31 bits per heavy atom. The van der Waals surface area contributed by atoms with Crippen LogP contribution in [0.4, 0.5) is 8.78 Å². The highest BCUT2D eigenvalue weighted by Gasteiger charge is 2.17. The Bertz CT molecular complexity index is 842. The van der Waals surface area contributed by atoms with Gasteiger partial charge in [-0.3, -0.25) is 4.79 Å². The molecule has 2 aromatic rings. The van der Waals surface area contributed by atoms with Gasteiger partial charge in [0.15, 0.2) is 11.5 Å². The fourth-order valence-corrected chi connectivity index (χ4v) is 2.63. The summed E-state index contributed by atoms with van der Waals surface area (Å²) in [4.78, 5) is 12.0. The van der Waals surface area contributed by atoms with E-state index in [0.717, 1.165) is 0 Å². The average Bonchev–Trinajstić information content (AvgIpc) is 3.08. The van der Waals surface area contributed by atoms with Gasteiger partial charge in [0.05, 0.1) is 5.02 Å². The van der Waals surface area contributed by atoms with Crippen molar-refractivity contribution in [3.63, 3.8) is 0 Å². The molecule has 0 spiro atoms. The lowest BCUT2D eigenvalue weighted by Gasteiger charge is -2.10. The molecule has 1 N–H and O–H groups in total. The molecule has 2 aromatic carbocycles. The molecule has 8 heteroatoms. The Morgan fingerprint density at radius 3 is 2.92 bits per heavy atom. The largest absolute Gasteiger partial charge is 0.454 e. The smallest absolute Gasteiger partial charge is 0.387 e. The number of ether oxygens (including phenoxy) is 3. The first-order valence-electron chi connectivity index (χ1n) is 7.60. The SMILES string of the molecule is O=C(/C=C/c1cc(Cl)c2c(c1)OCO2)NCc1ccccc1OC(F)F. The van der Waals surface area contributed by atoms with Crippen molar-refractivity contribution in [2.24, 2.45) is 0 Å². The number of nitrogens with one attached hydrogen (secondary N) is 1. The van der Waals surface area contributed by atoms with Gasteiger partial charge in [0.1, 0.15) is 5.75 Å². The molecular weight excluding hydrogens is 368 g/mol. The van der Waals surface area contributed by atoms with Gasteiger partial charge in [-0.1, -0.05) is 29.8 Å². The molecule has 0 radical (unpaired) electrons. The van der Waals surface area contributed by atoms with E-state index in [9.17, 15) is 13.6 Å². The average molecular weight is 382 g/mol. The molecule has 0 aromatic heterocycles. The molecule has 1 amide bonds. The predicted molar refractivity (Wildman–Crippen MR) is 91.5 cm³/mol. The molecule has 0 saturated heterocycles. The Morgan fingerprint density at radius 2 is 2.12 bits per heavy atom. The van der Waals surface area contributed by atoms with Crippen LogP contribution in [0.15, 0.2) is 42.5 Å². The van der Waals surface area contributed by atoms with Gasteiger partial charge in [0.2, 0.25) is 12.7 Å². The summed E-state index contributed by atoms with van der Waals surface area (Å²) in [6, 6.07) is 9.60. The number of hydrogen-bond donors (Lipinski definition) is 1. The number of carbonyl (C=O) groups is 1. The first kappa shape index (κ1) is 18.0. The van der Waals surface area contributed by atoms with Crippen LogP contribution in [0.25, 0.3) is 6.08 Å². The summed E-state index contributed by atoms with van der Waals surface area (Å²) in [5, 5.41) is 3.00. The van der Waals surface area contributed by atoms with E-state index in [-0.39, 0.29) is 19.1 Å².